The summed E-state index contributed by atoms with van der Waals surface area (Å²) in [7, 11) is 0. The molecule has 1 aliphatic carbocycles. The first-order valence-corrected chi connectivity index (χ1v) is 9.78. The SMILES string of the molecule is NC(=O)c1ccc2cc3n(c2c1)C1(CCC1)CN[C@H]3C1CCC[NH+]([O-])C1. The number of primary amides is 1. The maximum atomic E-state index is 12.0. The second-order valence-corrected chi connectivity index (χ2v) is 8.37. The van der Waals surface area contributed by atoms with Gasteiger partial charge in [0.05, 0.1) is 24.7 Å². The minimum atomic E-state index is -0.381. The van der Waals surface area contributed by atoms with Gasteiger partial charge in [-0.15, -0.1) is 0 Å². The fourth-order valence-corrected chi connectivity index (χ4v) is 5.35. The van der Waals surface area contributed by atoms with Crippen molar-refractivity contribution in [2.24, 2.45) is 11.7 Å². The normalized spacial score (nSPS) is 30.1. The van der Waals surface area contributed by atoms with Gasteiger partial charge in [-0.2, -0.15) is 0 Å². The lowest BCUT2D eigenvalue weighted by molar-refractivity contribution is -0.858. The lowest BCUT2D eigenvalue weighted by Gasteiger charge is -2.51. The van der Waals surface area contributed by atoms with Crippen LogP contribution in [0.3, 0.4) is 0 Å². The molecule has 2 aromatic rings. The van der Waals surface area contributed by atoms with E-state index in [0.717, 1.165) is 49.7 Å². The monoisotopic (exact) mass is 354 g/mol. The highest BCUT2D eigenvalue weighted by molar-refractivity contribution is 5.97. The predicted octanol–water partition coefficient (Wildman–Crippen LogP) is 1.06. The zero-order valence-electron chi connectivity index (χ0n) is 15.0. The number of amides is 1. The first-order chi connectivity index (χ1) is 12.6. The lowest BCUT2D eigenvalue weighted by atomic mass is 9.73. The molecule has 3 heterocycles. The summed E-state index contributed by atoms with van der Waals surface area (Å²) < 4.78 is 2.48. The van der Waals surface area contributed by atoms with Crippen LogP contribution in [0.25, 0.3) is 10.9 Å². The molecule has 6 heteroatoms. The number of nitrogens with zero attached hydrogens (tertiary/aromatic N) is 1. The van der Waals surface area contributed by atoms with E-state index < -0.39 is 0 Å². The Morgan fingerprint density at radius 2 is 2.15 bits per heavy atom. The van der Waals surface area contributed by atoms with Crippen molar-refractivity contribution in [3.8, 4) is 0 Å². The summed E-state index contributed by atoms with van der Waals surface area (Å²) in [5, 5.41) is 17.4. The van der Waals surface area contributed by atoms with Crippen LogP contribution in [-0.2, 0) is 5.54 Å². The van der Waals surface area contributed by atoms with Crippen molar-refractivity contribution < 1.29 is 9.86 Å². The van der Waals surface area contributed by atoms with Crippen LogP contribution in [0.4, 0.5) is 0 Å². The maximum Gasteiger partial charge on any atom is 0.248 e. The molecule has 1 saturated carbocycles. The Morgan fingerprint density at radius 3 is 2.85 bits per heavy atom. The summed E-state index contributed by atoms with van der Waals surface area (Å²) in [6, 6.07) is 8.26. The Bertz CT molecular complexity index is 870. The Balaban J connectivity index is 1.65. The van der Waals surface area contributed by atoms with Crippen LogP contribution in [0.1, 0.15) is 54.2 Å². The molecule has 1 spiro atoms. The Morgan fingerprint density at radius 1 is 1.31 bits per heavy atom. The standard InChI is InChI=1S/C20H26N4O2/c21-19(25)14-5-4-13-9-17-18(15-3-1-8-23(26)11-15)22-12-20(6-2-7-20)24(17)16(13)10-14/h4-5,9-10,15,18,22-23H,1-3,6-8,11-12H2,(H2,21,25)/t15?,18-/m0/s1. The van der Waals surface area contributed by atoms with Crippen molar-refractivity contribution in [1.29, 1.82) is 0 Å². The van der Waals surface area contributed by atoms with Crippen molar-refractivity contribution in [3.05, 3.63) is 40.7 Å². The second kappa shape index (κ2) is 5.81. The number of nitrogens with two attached hydrogens (primary N) is 1. The van der Waals surface area contributed by atoms with Crippen LogP contribution in [0.2, 0.25) is 0 Å². The van der Waals surface area contributed by atoms with E-state index in [1.54, 1.807) is 0 Å². The number of hydrogen-bond donors (Lipinski definition) is 3. The summed E-state index contributed by atoms with van der Waals surface area (Å²) in [6.07, 6.45) is 5.66. The molecule has 2 fully saturated rings. The molecule has 4 N–H and O–H groups in total. The van der Waals surface area contributed by atoms with Gasteiger partial charge < -0.3 is 25.9 Å². The molecule has 3 aliphatic rings. The quantitative estimate of drug-likeness (QED) is 0.705. The highest BCUT2D eigenvalue weighted by atomic mass is 16.5. The number of fused-ring (bicyclic) bond motifs is 4. The van der Waals surface area contributed by atoms with Crippen molar-refractivity contribution in [2.45, 2.75) is 43.7 Å². The van der Waals surface area contributed by atoms with Gasteiger partial charge >= 0.3 is 0 Å². The molecule has 1 aromatic heterocycles. The number of nitrogens with one attached hydrogen (secondary N) is 2. The highest BCUT2D eigenvalue weighted by Crippen LogP contribution is 2.47. The molecule has 2 unspecified atom stereocenters. The molecular weight excluding hydrogens is 328 g/mol. The van der Waals surface area contributed by atoms with Crippen molar-refractivity contribution in [3.63, 3.8) is 0 Å². The van der Waals surface area contributed by atoms with Crippen LogP contribution in [-0.4, -0.2) is 30.1 Å². The molecule has 26 heavy (non-hydrogen) atoms. The van der Waals surface area contributed by atoms with Gasteiger partial charge in [0.2, 0.25) is 5.91 Å². The van der Waals surface area contributed by atoms with Gasteiger partial charge in [0, 0.05) is 29.2 Å². The van der Waals surface area contributed by atoms with E-state index in [4.69, 9.17) is 5.73 Å². The van der Waals surface area contributed by atoms with Crippen molar-refractivity contribution >= 4 is 16.8 Å². The highest BCUT2D eigenvalue weighted by Gasteiger charge is 2.46. The summed E-state index contributed by atoms with van der Waals surface area (Å²) >= 11 is 0. The van der Waals surface area contributed by atoms with Crippen molar-refractivity contribution in [1.82, 2.24) is 9.88 Å². The smallest absolute Gasteiger partial charge is 0.248 e. The van der Waals surface area contributed by atoms with Crippen LogP contribution < -0.4 is 16.1 Å². The number of rotatable bonds is 2. The zero-order chi connectivity index (χ0) is 17.9. The van der Waals surface area contributed by atoms with E-state index in [9.17, 15) is 10.0 Å². The van der Waals surface area contributed by atoms with Crippen LogP contribution in [0.5, 0.6) is 0 Å². The minimum Gasteiger partial charge on any atom is -0.634 e. The Kier molecular flexibility index (Phi) is 3.64. The molecule has 1 saturated heterocycles. The third-order valence-electron chi connectivity index (χ3n) is 6.84. The largest absolute Gasteiger partial charge is 0.634 e. The van der Waals surface area contributed by atoms with Gasteiger partial charge in [-0.05, 0) is 55.7 Å². The summed E-state index contributed by atoms with van der Waals surface area (Å²) in [5.74, 6) is -0.0131. The van der Waals surface area contributed by atoms with Gasteiger partial charge in [0.25, 0.3) is 0 Å². The summed E-state index contributed by atoms with van der Waals surface area (Å²) in [4.78, 5) is 11.7. The van der Waals surface area contributed by atoms with E-state index in [2.05, 4.69) is 16.0 Å². The van der Waals surface area contributed by atoms with Crippen molar-refractivity contribution in [2.75, 3.05) is 19.6 Å². The molecule has 1 amide bonds. The second-order valence-electron chi connectivity index (χ2n) is 8.37. The van der Waals surface area contributed by atoms with E-state index in [-0.39, 0.29) is 17.5 Å². The number of carbonyl (C=O) groups is 1. The first-order valence-electron chi connectivity index (χ1n) is 9.78. The van der Waals surface area contributed by atoms with E-state index in [1.165, 1.54) is 12.1 Å². The minimum absolute atomic E-state index is 0.114. The number of hydrogen-bond acceptors (Lipinski definition) is 3. The average Bonchev–Trinajstić information content (AvgIpc) is 2.98. The molecule has 5 rings (SSSR count). The first kappa shape index (κ1) is 16.3. The van der Waals surface area contributed by atoms with Gasteiger partial charge in [-0.3, -0.25) is 4.79 Å². The number of aromatic nitrogens is 1. The average molecular weight is 354 g/mol. The third-order valence-corrected chi connectivity index (χ3v) is 6.84. The predicted molar refractivity (Wildman–Crippen MR) is 99.8 cm³/mol. The fourth-order valence-electron chi connectivity index (χ4n) is 5.35. The van der Waals surface area contributed by atoms with Gasteiger partial charge in [0.15, 0.2) is 0 Å². The van der Waals surface area contributed by atoms with E-state index >= 15 is 0 Å². The molecule has 1 aromatic carbocycles. The van der Waals surface area contributed by atoms with Crippen LogP contribution in [0, 0.1) is 11.1 Å². The lowest BCUT2D eigenvalue weighted by Crippen LogP contribution is -3.09. The molecular formula is C20H26N4O2. The number of quaternary nitrogens is 1. The number of benzene rings is 1. The fraction of sp³-hybridized carbons (Fsp3) is 0.550. The Hall–Kier alpha value is -1.89. The van der Waals surface area contributed by atoms with Gasteiger partial charge in [-0.25, -0.2) is 0 Å². The summed E-state index contributed by atoms with van der Waals surface area (Å²) in [5.41, 5.74) is 8.60. The molecule has 0 radical (unpaired) electrons. The number of piperidine rings is 1. The van der Waals surface area contributed by atoms with E-state index in [1.807, 2.05) is 18.2 Å². The maximum absolute atomic E-state index is 12.0. The molecule has 138 valence electrons. The Labute approximate surface area is 152 Å². The molecule has 3 atom stereocenters. The summed E-state index contributed by atoms with van der Waals surface area (Å²) in [6.45, 7) is 2.36. The van der Waals surface area contributed by atoms with Crippen LogP contribution >= 0.6 is 0 Å². The van der Waals surface area contributed by atoms with Gasteiger partial charge in [-0.1, -0.05) is 6.07 Å². The van der Waals surface area contributed by atoms with E-state index in [0.29, 0.717) is 23.1 Å². The zero-order valence-corrected chi connectivity index (χ0v) is 15.0. The van der Waals surface area contributed by atoms with Gasteiger partial charge in [0.1, 0.15) is 0 Å². The topological polar surface area (TPSA) is 87.6 Å². The third kappa shape index (κ3) is 2.32. The van der Waals surface area contributed by atoms with Crippen LogP contribution in [0.15, 0.2) is 24.3 Å². The molecule has 0 bridgehead atoms. The molecule has 6 nitrogen and oxygen atoms in total. The number of carbonyl (C=O) groups excluding carboxylic acids is 1. The number of hydroxylamine groups is 2. The molecule has 2 aliphatic heterocycles.